The van der Waals surface area contributed by atoms with E-state index in [1.807, 2.05) is 12.4 Å². The normalized spacial score (nSPS) is 21.9. The molecule has 1 fully saturated rings. The van der Waals surface area contributed by atoms with Gasteiger partial charge in [0.1, 0.15) is 5.65 Å². The Labute approximate surface area is 142 Å². The Morgan fingerprint density at radius 3 is 2.96 bits per heavy atom. The maximum absolute atomic E-state index is 4.38. The zero-order valence-corrected chi connectivity index (χ0v) is 14.1. The van der Waals surface area contributed by atoms with Crippen LogP contribution in [0, 0.1) is 5.92 Å². The van der Waals surface area contributed by atoms with Crippen molar-refractivity contribution in [3.05, 3.63) is 60.4 Å². The molecule has 1 aliphatic rings. The second kappa shape index (κ2) is 6.65. The van der Waals surface area contributed by atoms with E-state index in [4.69, 9.17) is 0 Å². The van der Waals surface area contributed by atoms with Crippen LogP contribution in [0.15, 0.2) is 54.9 Å². The monoisotopic (exact) mass is 320 g/mol. The summed E-state index contributed by atoms with van der Waals surface area (Å²) < 4.78 is 0. The summed E-state index contributed by atoms with van der Waals surface area (Å²) in [6, 6.07) is 15.4. The third kappa shape index (κ3) is 3.15. The average molecular weight is 320 g/mol. The molecule has 1 saturated heterocycles. The highest BCUT2D eigenvalue weighted by Gasteiger charge is 2.26. The van der Waals surface area contributed by atoms with E-state index in [0.717, 1.165) is 18.7 Å². The highest BCUT2D eigenvalue weighted by Crippen LogP contribution is 2.26. The molecule has 2 N–H and O–H groups in total. The van der Waals surface area contributed by atoms with Gasteiger partial charge in [0.05, 0.1) is 0 Å². The predicted molar refractivity (Wildman–Crippen MR) is 99.0 cm³/mol. The third-order valence-corrected chi connectivity index (χ3v) is 5.09. The number of nitrogens with one attached hydrogen (secondary N) is 2. The van der Waals surface area contributed by atoms with Crippen LogP contribution in [0.4, 0.5) is 5.69 Å². The van der Waals surface area contributed by atoms with E-state index in [0.29, 0.717) is 12.0 Å². The van der Waals surface area contributed by atoms with Gasteiger partial charge in [0.15, 0.2) is 0 Å². The summed E-state index contributed by atoms with van der Waals surface area (Å²) in [5.41, 5.74) is 3.52. The fourth-order valence-electron chi connectivity index (χ4n) is 3.60. The van der Waals surface area contributed by atoms with Gasteiger partial charge in [-0.3, -0.25) is 4.90 Å². The largest absolute Gasteiger partial charge is 0.380 e. The van der Waals surface area contributed by atoms with E-state index in [2.05, 4.69) is 69.6 Å². The summed E-state index contributed by atoms with van der Waals surface area (Å²) >= 11 is 0. The zero-order chi connectivity index (χ0) is 16.4. The van der Waals surface area contributed by atoms with Crippen LogP contribution in [0.2, 0.25) is 0 Å². The van der Waals surface area contributed by atoms with E-state index >= 15 is 0 Å². The number of pyridine rings is 1. The van der Waals surface area contributed by atoms with E-state index in [1.54, 1.807) is 0 Å². The maximum atomic E-state index is 4.38. The molecule has 0 aliphatic carbocycles. The highest BCUT2D eigenvalue weighted by atomic mass is 15.2. The molecule has 4 rings (SSSR count). The average Bonchev–Trinajstić information content (AvgIpc) is 3.08. The lowest BCUT2D eigenvalue weighted by Gasteiger charge is -2.38. The summed E-state index contributed by atoms with van der Waals surface area (Å²) in [5.74, 6) is 0.666. The first-order chi connectivity index (χ1) is 11.8. The Morgan fingerprint density at radius 2 is 2.08 bits per heavy atom. The predicted octanol–water partition coefficient (Wildman–Crippen LogP) is 3.89. The number of hydrogen-bond donors (Lipinski definition) is 2. The molecular formula is C20H24N4. The van der Waals surface area contributed by atoms with Crippen LogP contribution in [-0.4, -0.2) is 34.0 Å². The van der Waals surface area contributed by atoms with Gasteiger partial charge in [-0.15, -0.1) is 0 Å². The minimum Gasteiger partial charge on any atom is -0.380 e. The van der Waals surface area contributed by atoms with E-state index in [-0.39, 0.29) is 0 Å². The lowest BCUT2D eigenvalue weighted by Crippen LogP contribution is -2.46. The van der Waals surface area contributed by atoms with Gasteiger partial charge in [-0.05, 0) is 36.6 Å². The topological polar surface area (TPSA) is 44.0 Å². The number of aromatic amines is 1. The molecular weight excluding hydrogens is 296 g/mol. The van der Waals surface area contributed by atoms with Gasteiger partial charge in [-0.1, -0.05) is 37.3 Å². The standard InChI is InChI=1S/C20H24N4/c1-15-9-12-24(13-16-5-3-2-4-6-16)14-19(15)23-18-8-11-22-20-17(18)7-10-21-20/h2-8,10-11,15,19H,9,12-14H2,1H3,(H2,21,22,23)/t15-,19+/m1/s1. The molecule has 0 amide bonds. The zero-order valence-electron chi connectivity index (χ0n) is 14.1. The number of benzene rings is 1. The maximum Gasteiger partial charge on any atom is 0.139 e. The molecule has 0 unspecified atom stereocenters. The molecule has 0 radical (unpaired) electrons. The third-order valence-electron chi connectivity index (χ3n) is 5.09. The van der Waals surface area contributed by atoms with Crippen molar-refractivity contribution in [2.24, 2.45) is 5.92 Å². The number of fused-ring (bicyclic) bond motifs is 1. The second-order valence-electron chi connectivity index (χ2n) is 6.84. The Hall–Kier alpha value is -2.33. The Balaban J connectivity index is 1.48. The van der Waals surface area contributed by atoms with Crippen LogP contribution in [0.25, 0.3) is 11.0 Å². The summed E-state index contributed by atoms with van der Waals surface area (Å²) in [5, 5.41) is 4.95. The van der Waals surface area contributed by atoms with Gasteiger partial charge >= 0.3 is 0 Å². The van der Waals surface area contributed by atoms with Crippen molar-refractivity contribution in [3.63, 3.8) is 0 Å². The molecule has 2 aromatic heterocycles. The first-order valence-corrected chi connectivity index (χ1v) is 8.74. The molecule has 1 aromatic carbocycles. The quantitative estimate of drug-likeness (QED) is 0.766. The molecule has 0 spiro atoms. The van der Waals surface area contributed by atoms with Gasteiger partial charge in [0.25, 0.3) is 0 Å². The number of rotatable bonds is 4. The molecule has 24 heavy (non-hydrogen) atoms. The SMILES string of the molecule is C[C@@H]1CCN(Cc2ccccc2)C[C@@H]1Nc1ccnc2[nH]ccc12. The lowest BCUT2D eigenvalue weighted by atomic mass is 9.92. The van der Waals surface area contributed by atoms with Crippen molar-refractivity contribution in [1.29, 1.82) is 0 Å². The summed E-state index contributed by atoms with van der Waals surface area (Å²) in [4.78, 5) is 10.1. The number of H-pyrrole nitrogens is 1. The van der Waals surface area contributed by atoms with Crippen LogP contribution in [0.5, 0.6) is 0 Å². The van der Waals surface area contributed by atoms with Crippen molar-refractivity contribution in [1.82, 2.24) is 14.9 Å². The molecule has 1 aliphatic heterocycles. The number of nitrogens with zero attached hydrogens (tertiary/aromatic N) is 2. The highest BCUT2D eigenvalue weighted by molar-refractivity contribution is 5.89. The van der Waals surface area contributed by atoms with Gasteiger partial charge in [0.2, 0.25) is 0 Å². The van der Waals surface area contributed by atoms with Crippen molar-refractivity contribution in [2.45, 2.75) is 25.9 Å². The van der Waals surface area contributed by atoms with E-state index in [1.165, 1.54) is 29.6 Å². The Morgan fingerprint density at radius 1 is 1.21 bits per heavy atom. The number of piperidine rings is 1. The molecule has 2 atom stereocenters. The summed E-state index contributed by atoms with van der Waals surface area (Å²) in [6.07, 6.45) is 5.05. The van der Waals surface area contributed by atoms with Gasteiger partial charge in [-0.2, -0.15) is 0 Å². The molecule has 124 valence electrons. The smallest absolute Gasteiger partial charge is 0.139 e. The van der Waals surface area contributed by atoms with Crippen molar-refractivity contribution in [3.8, 4) is 0 Å². The minimum absolute atomic E-state index is 0.461. The van der Waals surface area contributed by atoms with Gasteiger partial charge < -0.3 is 10.3 Å². The lowest BCUT2D eigenvalue weighted by molar-refractivity contribution is 0.170. The van der Waals surface area contributed by atoms with Crippen molar-refractivity contribution >= 4 is 16.7 Å². The van der Waals surface area contributed by atoms with Crippen LogP contribution in [-0.2, 0) is 6.54 Å². The van der Waals surface area contributed by atoms with Gasteiger partial charge in [-0.25, -0.2) is 4.98 Å². The number of hydrogen-bond acceptors (Lipinski definition) is 3. The summed E-state index contributed by atoms with van der Waals surface area (Å²) in [6.45, 7) is 5.63. The molecule has 4 nitrogen and oxygen atoms in total. The second-order valence-corrected chi connectivity index (χ2v) is 6.84. The first kappa shape index (κ1) is 15.2. The number of anilines is 1. The van der Waals surface area contributed by atoms with E-state index in [9.17, 15) is 0 Å². The van der Waals surface area contributed by atoms with Crippen LogP contribution >= 0.6 is 0 Å². The van der Waals surface area contributed by atoms with Crippen LogP contribution in [0.1, 0.15) is 18.9 Å². The minimum atomic E-state index is 0.461. The molecule has 3 aromatic rings. The van der Waals surface area contributed by atoms with Crippen LogP contribution < -0.4 is 5.32 Å². The molecule has 4 heteroatoms. The van der Waals surface area contributed by atoms with E-state index < -0.39 is 0 Å². The number of aromatic nitrogens is 2. The number of likely N-dealkylation sites (tertiary alicyclic amines) is 1. The molecule has 0 saturated carbocycles. The van der Waals surface area contributed by atoms with Crippen molar-refractivity contribution in [2.75, 3.05) is 18.4 Å². The molecule has 0 bridgehead atoms. The van der Waals surface area contributed by atoms with Crippen molar-refractivity contribution < 1.29 is 0 Å². The Kier molecular flexibility index (Phi) is 4.22. The fourth-order valence-corrected chi connectivity index (χ4v) is 3.60. The Bertz CT molecular complexity index is 796. The van der Waals surface area contributed by atoms with Gasteiger partial charge in [0, 0.05) is 42.6 Å². The first-order valence-electron chi connectivity index (χ1n) is 8.74. The summed E-state index contributed by atoms with van der Waals surface area (Å²) in [7, 11) is 0. The fraction of sp³-hybridized carbons (Fsp3) is 0.350. The molecule has 3 heterocycles. The van der Waals surface area contributed by atoms with Crippen LogP contribution in [0.3, 0.4) is 0 Å².